The summed E-state index contributed by atoms with van der Waals surface area (Å²) in [4.78, 5) is 11.4. The van der Waals surface area contributed by atoms with Crippen molar-refractivity contribution in [1.29, 1.82) is 0 Å². The number of carbonyl (C=O) groups excluding carboxylic acids is 1. The minimum absolute atomic E-state index is 0.00164. The molecule has 0 aromatic carbocycles. The van der Waals surface area contributed by atoms with Crippen molar-refractivity contribution in [2.24, 2.45) is 23.7 Å². The van der Waals surface area contributed by atoms with Crippen LogP contribution in [-0.2, 0) is 9.53 Å². The van der Waals surface area contributed by atoms with Gasteiger partial charge >= 0.3 is 5.97 Å². The molecule has 3 saturated carbocycles. The molecule has 18 heavy (non-hydrogen) atoms. The Labute approximate surface area is 110 Å². The zero-order valence-electron chi connectivity index (χ0n) is 11.6. The summed E-state index contributed by atoms with van der Waals surface area (Å²) in [5.74, 6) is 3.52. The highest BCUT2D eigenvalue weighted by molar-refractivity contribution is 5.69. The number of ether oxygens (including phenoxy) is 1. The van der Waals surface area contributed by atoms with Gasteiger partial charge in [-0.1, -0.05) is 39.0 Å². The molecular weight excluding hydrogens is 224 g/mol. The lowest BCUT2D eigenvalue weighted by Crippen LogP contribution is -2.31. The van der Waals surface area contributed by atoms with Gasteiger partial charge < -0.3 is 4.74 Å². The molecule has 0 aromatic rings. The van der Waals surface area contributed by atoms with Gasteiger partial charge in [0.15, 0.2) is 0 Å². The average molecular weight is 250 g/mol. The molecule has 0 amide bonds. The molecule has 3 aliphatic rings. The van der Waals surface area contributed by atoms with Crippen molar-refractivity contribution in [1.82, 2.24) is 0 Å². The topological polar surface area (TPSA) is 26.3 Å². The van der Waals surface area contributed by atoms with Crippen molar-refractivity contribution >= 4 is 5.97 Å². The molecule has 0 saturated heterocycles. The molecule has 102 valence electrons. The molecule has 2 nitrogen and oxygen atoms in total. The van der Waals surface area contributed by atoms with E-state index in [1.54, 1.807) is 0 Å². The first-order valence-electron chi connectivity index (χ1n) is 7.97. The second kappa shape index (κ2) is 5.22. The second-order valence-electron chi connectivity index (χ2n) is 6.67. The van der Waals surface area contributed by atoms with Crippen molar-refractivity contribution in [2.75, 3.05) is 0 Å². The predicted octanol–water partition coefficient (Wildman–Crippen LogP) is 3.93. The molecule has 0 heterocycles. The van der Waals surface area contributed by atoms with Gasteiger partial charge in [-0.05, 0) is 42.9 Å². The Kier molecular flexibility index (Phi) is 3.63. The van der Waals surface area contributed by atoms with Gasteiger partial charge in [-0.3, -0.25) is 4.79 Å². The average Bonchev–Trinajstić information content (AvgIpc) is 2.99. The van der Waals surface area contributed by atoms with E-state index in [0.717, 1.165) is 24.2 Å². The third-order valence-corrected chi connectivity index (χ3v) is 5.67. The van der Waals surface area contributed by atoms with E-state index in [1.165, 1.54) is 44.9 Å². The largest absolute Gasteiger partial charge is 0.462 e. The normalized spacial score (nSPS) is 40.1. The molecule has 3 fully saturated rings. The number of carbonyl (C=O) groups is 1. The van der Waals surface area contributed by atoms with Crippen LogP contribution in [0.3, 0.4) is 0 Å². The van der Waals surface area contributed by atoms with Crippen LogP contribution >= 0.6 is 0 Å². The summed E-state index contributed by atoms with van der Waals surface area (Å²) in [6.07, 6.45) is 11.9. The van der Waals surface area contributed by atoms with Crippen LogP contribution in [0.1, 0.15) is 64.7 Å². The standard InChI is InChI=1S/C16H26O2/c1-2-16(17)18-15-10-12-8-13(15)9-14(12)11-6-4-3-5-7-11/h11-15H,2-10H2,1H3/t12-,13-,14-,15+/m1/s1. The van der Waals surface area contributed by atoms with Gasteiger partial charge in [-0.2, -0.15) is 0 Å². The third-order valence-electron chi connectivity index (χ3n) is 5.67. The molecule has 0 aromatic heterocycles. The summed E-state index contributed by atoms with van der Waals surface area (Å²) in [7, 11) is 0. The highest BCUT2D eigenvalue weighted by atomic mass is 16.5. The van der Waals surface area contributed by atoms with Crippen molar-refractivity contribution < 1.29 is 9.53 Å². The zero-order chi connectivity index (χ0) is 12.5. The van der Waals surface area contributed by atoms with Gasteiger partial charge in [-0.25, -0.2) is 0 Å². The molecule has 4 atom stereocenters. The highest BCUT2D eigenvalue weighted by Gasteiger charge is 2.49. The smallest absolute Gasteiger partial charge is 0.305 e. The van der Waals surface area contributed by atoms with Gasteiger partial charge in [0.25, 0.3) is 0 Å². The third kappa shape index (κ3) is 2.31. The van der Waals surface area contributed by atoms with E-state index >= 15 is 0 Å². The fourth-order valence-electron chi connectivity index (χ4n) is 4.80. The van der Waals surface area contributed by atoms with Gasteiger partial charge in [0.05, 0.1) is 0 Å². The first kappa shape index (κ1) is 12.5. The fourth-order valence-corrected chi connectivity index (χ4v) is 4.80. The van der Waals surface area contributed by atoms with Gasteiger partial charge in [0, 0.05) is 6.42 Å². The van der Waals surface area contributed by atoms with Crippen molar-refractivity contribution in [3.8, 4) is 0 Å². The van der Waals surface area contributed by atoms with Crippen molar-refractivity contribution in [2.45, 2.75) is 70.8 Å². The van der Waals surface area contributed by atoms with E-state index in [1.807, 2.05) is 6.92 Å². The number of fused-ring (bicyclic) bond motifs is 2. The van der Waals surface area contributed by atoms with E-state index in [0.29, 0.717) is 12.3 Å². The second-order valence-corrected chi connectivity index (χ2v) is 6.67. The molecule has 2 heteroatoms. The summed E-state index contributed by atoms with van der Waals surface area (Å²) < 4.78 is 5.59. The SMILES string of the molecule is CCC(=O)O[C@H]1C[C@H]2C[C@@H]1C[C@@H]2C1CCCCC1. The van der Waals surface area contributed by atoms with Crippen LogP contribution in [0.4, 0.5) is 0 Å². The number of hydrogen-bond donors (Lipinski definition) is 0. The molecule has 0 spiro atoms. The summed E-state index contributed by atoms with van der Waals surface area (Å²) in [5.41, 5.74) is 0. The lowest BCUT2D eigenvalue weighted by molar-refractivity contribution is -0.151. The van der Waals surface area contributed by atoms with Crippen molar-refractivity contribution in [3.63, 3.8) is 0 Å². The Morgan fingerprint density at radius 1 is 1.00 bits per heavy atom. The van der Waals surface area contributed by atoms with E-state index in [4.69, 9.17) is 4.74 Å². The Morgan fingerprint density at radius 3 is 2.39 bits per heavy atom. The number of rotatable bonds is 3. The molecule has 3 aliphatic carbocycles. The van der Waals surface area contributed by atoms with Crippen LogP contribution in [-0.4, -0.2) is 12.1 Å². The van der Waals surface area contributed by atoms with E-state index < -0.39 is 0 Å². The fraction of sp³-hybridized carbons (Fsp3) is 0.938. The Morgan fingerprint density at radius 2 is 1.78 bits per heavy atom. The molecule has 0 aliphatic heterocycles. The van der Waals surface area contributed by atoms with Gasteiger partial charge in [-0.15, -0.1) is 0 Å². The zero-order valence-corrected chi connectivity index (χ0v) is 11.6. The van der Waals surface area contributed by atoms with Crippen LogP contribution in [0.2, 0.25) is 0 Å². The van der Waals surface area contributed by atoms with Gasteiger partial charge in [0.2, 0.25) is 0 Å². The maximum atomic E-state index is 11.4. The minimum atomic E-state index is 0.00164. The molecule has 3 rings (SSSR count). The van der Waals surface area contributed by atoms with Crippen LogP contribution in [0.15, 0.2) is 0 Å². The first-order valence-corrected chi connectivity index (χ1v) is 7.97. The maximum Gasteiger partial charge on any atom is 0.305 e. The molecule has 0 unspecified atom stereocenters. The maximum absolute atomic E-state index is 11.4. The summed E-state index contributed by atoms with van der Waals surface area (Å²) in [6, 6.07) is 0. The first-order chi connectivity index (χ1) is 8.78. The quantitative estimate of drug-likeness (QED) is 0.709. The lowest BCUT2D eigenvalue weighted by Gasteiger charge is -2.35. The molecule has 0 N–H and O–H groups in total. The van der Waals surface area contributed by atoms with Crippen LogP contribution < -0.4 is 0 Å². The molecular formula is C16H26O2. The van der Waals surface area contributed by atoms with Crippen LogP contribution in [0.25, 0.3) is 0 Å². The summed E-state index contributed by atoms with van der Waals surface area (Å²) in [6.45, 7) is 1.89. The molecule has 2 bridgehead atoms. The summed E-state index contributed by atoms with van der Waals surface area (Å²) in [5, 5.41) is 0. The Hall–Kier alpha value is -0.530. The van der Waals surface area contributed by atoms with Gasteiger partial charge in [0.1, 0.15) is 6.10 Å². The highest BCUT2D eigenvalue weighted by Crippen LogP contribution is 2.54. The van der Waals surface area contributed by atoms with E-state index in [9.17, 15) is 4.79 Å². The number of hydrogen-bond acceptors (Lipinski definition) is 2. The lowest BCUT2D eigenvalue weighted by atomic mass is 9.72. The summed E-state index contributed by atoms with van der Waals surface area (Å²) >= 11 is 0. The van der Waals surface area contributed by atoms with Crippen molar-refractivity contribution in [3.05, 3.63) is 0 Å². The minimum Gasteiger partial charge on any atom is -0.462 e. The van der Waals surface area contributed by atoms with E-state index in [-0.39, 0.29) is 12.1 Å². The van der Waals surface area contributed by atoms with Crippen LogP contribution in [0, 0.1) is 23.7 Å². The molecule has 0 radical (unpaired) electrons. The number of esters is 1. The predicted molar refractivity (Wildman–Crippen MR) is 71.1 cm³/mol. The van der Waals surface area contributed by atoms with Crippen LogP contribution in [0.5, 0.6) is 0 Å². The van der Waals surface area contributed by atoms with E-state index in [2.05, 4.69) is 0 Å². The monoisotopic (exact) mass is 250 g/mol. The Bertz CT molecular complexity index is 306. The Balaban J connectivity index is 1.55.